The first-order valence-corrected chi connectivity index (χ1v) is 4.55. The number of alkyl halides is 3. The normalized spacial score (nSPS) is 22.1. The molecule has 4 nitrogen and oxygen atoms in total. The molecule has 1 rings (SSSR count). The van der Waals surface area contributed by atoms with Gasteiger partial charge in [-0.3, -0.25) is 0 Å². The molecule has 1 heterocycles. The fraction of sp³-hybridized carbons (Fsp3) is 0.875. The van der Waals surface area contributed by atoms with Crippen molar-refractivity contribution in [3.63, 3.8) is 0 Å². The third-order valence-electron chi connectivity index (χ3n) is 2.00. The molecule has 0 aromatic carbocycles. The molecule has 7 heteroatoms. The summed E-state index contributed by atoms with van der Waals surface area (Å²) in [6.07, 6.45) is -3.90. The molecular weight excluding hydrogens is 213 g/mol. The van der Waals surface area contributed by atoms with Gasteiger partial charge in [-0.1, -0.05) is 6.92 Å². The van der Waals surface area contributed by atoms with Crippen LogP contribution < -0.4 is 5.73 Å². The number of nitrogens with two attached hydrogens (primary N) is 1. The van der Waals surface area contributed by atoms with Crippen molar-refractivity contribution in [2.75, 3.05) is 19.6 Å². The molecule has 1 saturated heterocycles. The Kier molecular flexibility index (Phi) is 5.59. The van der Waals surface area contributed by atoms with Gasteiger partial charge in [0, 0.05) is 12.6 Å². The monoisotopic (exact) mass is 228 g/mol. The zero-order chi connectivity index (χ0) is 12.1. The first kappa shape index (κ1) is 14.2. The Hall–Kier alpha value is -0.820. The first-order chi connectivity index (χ1) is 6.77. The van der Waals surface area contributed by atoms with Gasteiger partial charge in [-0.15, -0.1) is 0 Å². The van der Waals surface area contributed by atoms with Gasteiger partial charge in [0.15, 0.2) is 0 Å². The third kappa shape index (κ3) is 6.29. The van der Waals surface area contributed by atoms with Crippen LogP contribution in [-0.4, -0.2) is 47.8 Å². The summed E-state index contributed by atoms with van der Waals surface area (Å²) in [4.78, 5) is 11.3. The highest BCUT2D eigenvalue weighted by Crippen LogP contribution is 2.13. The van der Waals surface area contributed by atoms with Crippen molar-refractivity contribution in [3.05, 3.63) is 0 Å². The van der Waals surface area contributed by atoms with Crippen molar-refractivity contribution >= 4 is 5.97 Å². The summed E-state index contributed by atoms with van der Waals surface area (Å²) < 4.78 is 31.7. The number of nitrogens with zero attached hydrogens (tertiary/aromatic N) is 1. The maximum Gasteiger partial charge on any atom is 0.490 e. The highest BCUT2D eigenvalue weighted by Gasteiger charge is 2.38. The number of likely N-dealkylation sites (N-methyl/N-ethyl adjacent to an activating group) is 1. The molecule has 0 saturated carbocycles. The predicted molar refractivity (Wildman–Crippen MR) is 48.4 cm³/mol. The topological polar surface area (TPSA) is 66.6 Å². The van der Waals surface area contributed by atoms with Crippen molar-refractivity contribution in [1.29, 1.82) is 0 Å². The SMILES string of the molecule is CCN1CCC(N)C1.O=C(O)C(F)(F)F. The lowest BCUT2D eigenvalue weighted by molar-refractivity contribution is -0.192. The lowest BCUT2D eigenvalue weighted by atomic mass is 10.3. The number of likely N-dealkylation sites (tertiary alicyclic amines) is 1. The van der Waals surface area contributed by atoms with E-state index in [-0.39, 0.29) is 0 Å². The van der Waals surface area contributed by atoms with Crippen LogP contribution in [-0.2, 0) is 4.79 Å². The van der Waals surface area contributed by atoms with Crippen LogP contribution in [0.5, 0.6) is 0 Å². The number of aliphatic carboxylic acids is 1. The number of carbonyl (C=O) groups is 1. The Bertz CT molecular complexity index is 209. The van der Waals surface area contributed by atoms with Crippen LogP contribution >= 0.6 is 0 Å². The van der Waals surface area contributed by atoms with Crippen molar-refractivity contribution in [2.24, 2.45) is 5.73 Å². The molecule has 1 atom stereocenters. The Morgan fingerprint density at radius 3 is 2.20 bits per heavy atom. The minimum absolute atomic E-state index is 0.454. The summed E-state index contributed by atoms with van der Waals surface area (Å²) in [5, 5.41) is 7.12. The van der Waals surface area contributed by atoms with Crippen LogP contribution in [0.25, 0.3) is 0 Å². The number of carboxylic acids is 1. The van der Waals surface area contributed by atoms with Crippen LogP contribution in [0.4, 0.5) is 13.2 Å². The number of halogens is 3. The molecule has 0 aromatic heterocycles. The van der Waals surface area contributed by atoms with Gasteiger partial charge in [-0.05, 0) is 19.5 Å². The lowest BCUT2D eigenvalue weighted by Crippen LogP contribution is -2.26. The van der Waals surface area contributed by atoms with E-state index in [1.807, 2.05) is 0 Å². The van der Waals surface area contributed by atoms with E-state index in [0.29, 0.717) is 6.04 Å². The van der Waals surface area contributed by atoms with Crippen LogP contribution in [0.15, 0.2) is 0 Å². The summed E-state index contributed by atoms with van der Waals surface area (Å²) in [7, 11) is 0. The van der Waals surface area contributed by atoms with Crippen molar-refractivity contribution in [3.8, 4) is 0 Å². The quantitative estimate of drug-likeness (QED) is 0.692. The maximum absolute atomic E-state index is 10.6. The second kappa shape index (κ2) is 5.92. The molecular formula is C8H15F3N2O2. The molecule has 1 fully saturated rings. The standard InChI is InChI=1S/C6H14N2.C2HF3O2/c1-2-8-4-3-6(7)5-8;3-2(4,5)1(6)7/h6H,2-5,7H2,1H3;(H,6,7). The summed E-state index contributed by atoms with van der Waals surface area (Å²) in [6.45, 7) is 5.65. The highest BCUT2D eigenvalue weighted by molar-refractivity contribution is 5.73. The van der Waals surface area contributed by atoms with Crippen LogP contribution in [0.1, 0.15) is 13.3 Å². The van der Waals surface area contributed by atoms with Gasteiger partial charge in [0.05, 0.1) is 0 Å². The number of carboxylic acid groups (broad SMARTS) is 1. The number of hydrogen-bond acceptors (Lipinski definition) is 3. The molecule has 1 unspecified atom stereocenters. The minimum Gasteiger partial charge on any atom is -0.475 e. The molecule has 3 N–H and O–H groups in total. The molecule has 1 aliphatic heterocycles. The fourth-order valence-electron chi connectivity index (χ4n) is 1.15. The van der Waals surface area contributed by atoms with E-state index < -0.39 is 12.1 Å². The smallest absolute Gasteiger partial charge is 0.475 e. The fourth-order valence-corrected chi connectivity index (χ4v) is 1.15. The van der Waals surface area contributed by atoms with Crippen molar-refractivity contribution in [2.45, 2.75) is 25.6 Å². The van der Waals surface area contributed by atoms with Crippen LogP contribution in [0.2, 0.25) is 0 Å². The van der Waals surface area contributed by atoms with Gasteiger partial charge in [0.2, 0.25) is 0 Å². The van der Waals surface area contributed by atoms with E-state index in [1.165, 1.54) is 13.0 Å². The molecule has 0 amide bonds. The molecule has 0 aromatic rings. The van der Waals surface area contributed by atoms with Gasteiger partial charge < -0.3 is 15.7 Å². The molecule has 0 spiro atoms. The van der Waals surface area contributed by atoms with Gasteiger partial charge >= 0.3 is 12.1 Å². The Labute approximate surface area is 85.8 Å². The Morgan fingerprint density at radius 2 is 2.07 bits per heavy atom. The van der Waals surface area contributed by atoms with E-state index in [4.69, 9.17) is 15.6 Å². The zero-order valence-corrected chi connectivity index (χ0v) is 8.42. The predicted octanol–water partition coefficient (Wildman–Crippen LogP) is 0.673. The van der Waals surface area contributed by atoms with E-state index in [1.54, 1.807) is 0 Å². The van der Waals surface area contributed by atoms with Crippen molar-refractivity contribution in [1.82, 2.24) is 4.90 Å². The molecule has 1 aliphatic rings. The summed E-state index contributed by atoms with van der Waals surface area (Å²) in [5.74, 6) is -2.76. The van der Waals surface area contributed by atoms with Gasteiger partial charge in [-0.25, -0.2) is 4.79 Å². The van der Waals surface area contributed by atoms with E-state index in [0.717, 1.165) is 13.1 Å². The average molecular weight is 228 g/mol. The Balaban J connectivity index is 0.000000265. The van der Waals surface area contributed by atoms with E-state index in [2.05, 4.69) is 11.8 Å². The number of hydrogen-bond donors (Lipinski definition) is 2. The van der Waals surface area contributed by atoms with E-state index >= 15 is 0 Å². The van der Waals surface area contributed by atoms with Gasteiger partial charge in [-0.2, -0.15) is 13.2 Å². The molecule has 0 bridgehead atoms. The lowest BCUT2D eigenvalue weighted by Gasteiger charge is -2.09. The molecule has 90 valence electrons. The summed E-state index contributed by atoms with van der Waals surface area (Å²) >= 11 is 0. The van der Waals surface area contributed by atoms with Gasteiger partial charge in [0.25, 0.3) is 0 Å². The third-order valence-corrected chi connectivity index (χ3v) is 2.00. The first-order valence-electron chi connectivity index (χ1n) is 4.55. The van der Waals surface area contributed by atoms with E-state index in [9.17, 15) is 13.2 Å². The highest BCUT2D eigenvalue weighted by atomic mass is 19.4. The van der Waals surface area contributed by atoms with Crippen molar-refractivity contribution < 1.29 is 23.1 Å². The largest absolute Gasteiger partial charge is 0.490 e. The Morgan fingerprint density at radius 1 is 1.60 bits per heavy atom. The summed E-state index contributed by atoms with van der Waals surface area (Å²) in [6, 6.07) is 0.454. The number of rotatable bonds is 1. The van der Waals surface area contributed by atoms with Crippen LogP contribution in [0.3, 0.4) is 0 Å². The summed E-state index contributed by atoms with van der Waals surface area (Å²) in [5.41, 5.74) is 5.66. The van der Waals surface area contributed by atoms with Gasteiger partial charge in [0.1, 0.15) is 0 Å². The molecule has 0 radical (unpaired) electrons. The molecule has 15 heavy (non-hydrogen) atoms. The minimum atomic E-state index is -5.08. The van der Waals surface area contributed by atoms with Crippen LogP contribution in [0, 0.1) is 0 Å². The average Bonchev–Trinajstić information content (AvgIpc) is 2.50. The second-order valence-electron chi connectivity index (χ2n) is 3.24. The molecule has 0 aliphatic carbocycles. The maximum atomic E-state index is 10.6. The second-order valence-corrected chi connectivity index (χ2v) is 3.24. The zero-order valence-electron chi connectivity index (χ0n) is 8.42.